The molecule has 3 N–H and O–H groups in total. The number of nitrogens with one attached hydrogen (secondary N) is 2. The van der Waals surface area contributed by atoms with Crippen molar-refractivity contribution in [2.24, 2.45) is 0 Å². The molecule has 10 nitrogen and oxygen atoms in total. The fraction of sp³-hybridized carbons (Fsp3) is 0.217. The van der Waals surface area contributed by atoms with Crippen LogP contribution in [0.15, 0.2) is 52.9 Å². The Labute approximate surface area is 210 Å². The zero-order valence-corrected chi connectivity index (χ0v) is 19.9. The standard InChI is InChI=1S/C23H21ClN4O6S/c24-19-4-1-14(11-17(19)21-6-3-16(13-29)34-21)25-23(35)26-22(30)18-12-15(28(31)32)2-5-20(18)27-7-9-33-10-8-27/h1-6,11-12,29H,7-10,13H2,(H2,25,26,30,35). The number of hydrogen-bond donors (Lipinski definition) is 3. The summed E-state index contributed by atoms with van der Waals surface area (Å²) in [5.41, 5.74) is 1.59. The van der Waals surface area contributed by atoms with Gasteiger partial charge in [0.2, 0.25) is 0 Å². The molecule has 1 aliphatic heterocycles. The monoisotopic (exact) mass is 516 g/mol. The molecule has 1 fully saturated rings. The molecule has 0 bridgehead atoms. The molecule has 12 heteroatoms. The van der Waals surface area contributed by atoms with Crippen LogP contribution in [0.5, 0.6) is 0 Å². The zero-order chi connectivity index (χ0) is 24.9. The molecule has 4 rings (SSSR count). The summed E-state index contributed by atoms with van der Waals surface area (Å²) in [5, 5.41) is 26.5. The fourth-order valence-corrected chi connectivity index (χ4v) is 4.05. The second-order valence-electron chi connectivity index (χ2n) is 7.58. The quantitative estimate of drug-likeness (QED) is 0.253. The molecule has 0 aliphatic carbocycles. The molecule has 0 saturated carbocycles. The molecular formula is C23H21ClN4O6S. The molecule has 1 amide bonds. The Hall–Kier alpha value is -3.51. The minimum atomic E-state index is -0.583. The fourth-order valence-electron chi connectivity index (χ4n) is 3.63. The van der Waals surface area contributed by atoms with Gasteiger partial charge in [0.1, 0.15) is 18.1 Å². The number of carbonyl (C=O) groups excluding carboxylic acids is 1. The Balaban J connectivity index is 1.52. The van der Waals surface area contributed by atoms with Crippen molar-refractivity contribution in [1.82, 2.24) is 5.32 Å². The van der Waals surface area contributed by atoms with E-state index in [2.05, 4.69) is 10.6 Å². The van der Waals surface area contributed by atoms with Crippen LogP contribution in [0.2, 0.25) is 5.02 Å². The number of hydrogen-bond acceptors (Lipinski definition) is 8. The molecule has 182 valence electrons. The van der Waals surface area contributed by atoms with Gasteiger partial charge in [-0.15, -0.1) is 0 Å². The van der Waals surface area contributed by atoms with Gasteiger partial charge in [-0.3, -0.25) is 20.2 Å². The van der Waals surface area contributed by atoms with Gasteiger partial charge in [0.25, 0.3) is 11.6 Å². The number of morpholine rings is 1. The smallest absolute Gasteiger partial charge is 0.270 e. The summed E-state index contributed by atoms with van der Waals surface area (Å²) >= 11 is 11.6. The number of ether oxygens (including phenoxy) is 1. The number of rotatable bonds is 6. The highest BCUT2D eigenvalue weighted by Crippen LogP contribution is 2.32. The number of nitro groups is 1. The van der Waals surface area contributed by atoms with Crippen molar-refractivity contribution in [3.05, 3.63) is 75.0 Å². The number of anilines is 2. The summed E-state index contributed by atoms with van der Waals surface area (Å²) in [6, 6.07) is 12.5. The van der Waals surface area contributed by atoms with Gasteiger partial charge < -0.3 is 24.5 Å². The number of nitrogens with zero attached hydrogens (tertiary/aromatic N) is 2. The van der Waals surface area contributed by atoms with Crippen LogP contribution in [0.1, 0.15) is 16.1 Å². The van der Waals surface area contributed by atoms with Crippen LogP contribution in [0.25, 0.3) is 11.3 Å². The number of benzene rings is 2. The largest absolute Gasteiger partial charge is 0.459 e. The first-order valence-electron chi connectivity index (χ1n) is 10.6. The van der Waals surface area contributed by atoms with Gasteiger partial charge in [-0.1, -0.05) is 11.6 Å². The van der Waals surface area contributed by atoms with Gasteiger partial charge in [-0.05, 0) is 48.6 Å². The average molecular weight is 517 g/mol. The molecule has 0 spiro atoms. The predicted molar refractivity (Wildman–Crippen MR) is 135 cm³/mol. The molecule has 2 aromatic carbocycles. The van der Waals surface area contributed by atoms with Crippen LogP contribution < -0.4 is 15.5 Å². The lowest BCUT2D eigenvalue weighted by molar-refractivity contribution is -0.384. The number of furan rings is 1. The van der Waals surface area contributed by atoms with Crippen molar-refractivity contribution in [3.8, 4) is 11.3 Å². The summed E-state index contributed by atoms with van der Waals surface area (Å²) in [4.78, 5) is 25.8. The van der Waals surface area contributed by atoms with Crippen LogP contribution in [-0.2, 0) is 11.3 Å². The molecule has 35 heavy (non-hydrogen) atoms. The number of amides is 1. The molecule has 1 saturated heterocycles. The van der Waals surface area contributed by atoms with Gasteiger partial charge in [0, 0.05) is 36.5 Å². The maximum absolute atomic E-state index is 13.1. The van der Waals surface area contributed by atoms with Gasteiger partial charge in [-0.2, -0.15) is 0 Å². The maximum Gasteiger partial charge on any atom is 0.270 e. The van der Waals surface area contributed by atoms with Gasteiger partial charge in [-0.25, -0.2) is 0 Å². The molecule has 0 atom stereocenters. The van der Waals surface area contributed by atoms with E-state index in [9.17, 15) is 20.0 Å². The van der Waals surface area contributed by atoms with Gasteiger partial charge >= 0.3 is 0 Å². The van der Waals surface area contributed by atoms with Crippen molar-refractivity contribution in [1.29, 1.82) is 0 Å². The molecule has 0 unspecified atom stereocenters. The SMILES string of the molecule is O=C(NC(=S)Nc1ccc(Cl)c(-c2ccc(CO)o2)c1)c1cc([N+](=O)[O-])ccc1N1CCOCC1. The van der Waals surface area contributed by atoms with E-state index in [1.54, 1.807) is 36.4 Å². The van der Waals surface area contributed by atoms with E-state index in [0.29, 0.717) is 59.8 Å². The van der Waals surface area contributed by atoms with Crippen LogP contribution >= 0.6 is 23.8 Å². The Kier molecular flexibility index (Phi) is 7.61. The molecule has 1 aliphatic rings. The van der Waals surface area contributed by atoms with Crippen molar-refractivity contribution < 1.29 is 24.0 Å². The lowest BCUT2D eigenvalue weighted by atomic mass is 10.1. The van der Waals surface area contributed by atoms with Crippen LogP contribution in [0.3, 0.4) is 0 Å². The Morgan fingerprint density at radius 1 is 1.17 bits per heavy atom. The summed E-state index contributed by atoms with van der Waals surface area (Å²) in [5.74, 6) is 0.273. The zero-order valence-electron chi connectivity index (χ0n) is 18.3. The predicted octanol–water partition coefficient (Wildman–Crippen LogP) is 3.96. The minimum absolute atomic E-state index is 0.00167. The highest BCUT2D eigenvalue weighted by molar-refractivity contribution is 7.80. The second-order valence-corrected chi connectivity index (χ2v) is 8.40. The van der Waals surface area contributed by atoms with Gasteiger partial charge in [0.15, 0.2) is 5.11 Å². The maximum atomic E-state index is 13.1. The van der Waals surface area contributed by atoms with Crippen molar-refractivity contribution in [3.63, 3.8) is 0 Å². The van der Waals surface area contributed by atoms with Crippen molar-refractivity contribution in [2.45, 2.75) is 6.61 Å². The van der Waals surface area contributed by atoms with Crippen LogP contribution in [0, 0.1) is 10.1 Å². The first-order chi connectivity index (χ1) is 16.9. The number of nitro benzene ring substituents is 1. The van der Waals surface area contributed by atoms with E-state index in [4.69, 9.17) is 33.0 Å². The van der Waals surface area contributed by atoms with E-state index in [1.165, 1.54) is 12.1 Å². The molecule has 1 aromatic heterocycles. The summed E-state index contributed by atoms with van der Waals surface area (Å²) in [6.07, 6.45) is 0. The molecule has 3 aromatic rings. The van der Waals surface area contributed by atoms with E-state index in [-0.39, 0.29) is 23.0 Å². The van der Waals surface area contributed by atoms with Crippen molar-refractivity contribution in [2.75, 3.05) is 36.5 Å². The Bertz CT molecular complexity index is 1270. The minimum Gasteiger partial charge on any atom is -0.459 e. The lowest BCUT2D eigenvalue weighted by Crippen LogP contribution is -2.39. The lowest BCUT2D eigenvalue weighted by Gasteiger charge is -2.30. The summed E-state index contributed by atoms with van der Waals surface area (Å²) < 4.78 is 10.9. The molecular weight excluding hydrogens is 496 g/mol. The number of thiocarbonyl (C=S) groups is 1. The number of halogens is 1. The average Bonchev–Trinajstić information content (AvgIpc) is 3.34. The third-order valence-electron chi connectivity index (χ3n) is 5.32. The number of aliphatic hydroxyl groups is 1. The Morgan fingerprint density at radius 3 is 2.63 bits per heavy atom. The highest BCUT2D eigenvalue weighted by atomic mass is 35.5. The summed E-state index contributed by atoms with van der Waals surface area (Å²) in [6.45, 7) is 1.85. The third-order valence-corrected chi connectivity index (χ3v) is 5.86. The highest BCUT2D eigenvalue weighted by Gasteiger charge is 2.23. The topological polar surface area (TPSA) is 130 Å². The number of aliphatic hydroxyl groups excluding tert-OH is 1. The van der Waals surface area contributed by atoms with Crippen LogP contribution in [-0.4, -0.2) is 47.4 Å². The normalized spacial score (nSPS) is 13.4. The Morgan fingerprint density at radius 2 is 1.94 bits per heavy atom. The number of carbonyl (C=O) groups is 1. The second kappa shape index (κ2) is 10.8. The van der Waals surface area contributed by atoms with Crippen molar-refractivity contribution >= 4 is 51.9 Å². The van der Waals surface area contributed by atoms with Gasteiger partial charge in [0.05, 0.1) is 34.4 Å². The summed E-state index contributed by atoms with van der Waals surface area (Å²) in [7, 11) is 0. The van der Waals surface area contributed by atoms with E-state index < -0.39 is 10.8 Å². The first kappa shape index (κ1) is 24.6. The van der Waals surface area contributed by atoms with E-state index in [1.807, 2.05) is 4.90 Å². The van der Waals surface area contributed by atoms with E-state index in [0.717, 1.165) is 0 Å². The third kappa shape index (κ3) is 5.77. The number of non-ortho nitro benzene ring substituents is 1. The molecule has 2 heterocycles. The first-order valence-corrected chi connectivity index (χ1v) is 11.4. The van der Waals surface area contributed by atoms with E-state index >= 15 is 0 Å². The van der Waals surface area contributed by atoms with Crippen LogP contribution in [0.4, 0.5) is 17.1 Å². The molecule has 0 radical (unpaired) electrons.